The normalized spacial score (nSPS) is 12.2. The van der Waals surface area contributed by atoms with E-state index in [1.807, 2.05) is 0 Å². The molecule has 17 heavy (non-hydrogen) atoms. The highest BCUT2D eigenvalue weighted by atomic mass is 15.2. The van der Waals surface area contributed by atoms with Crippen molar-refractivity contribution in [2.45, 2.75) is 46.7 Å². The molecular formula is C15H26N2. The first-order valence-corrected chi connectivity index (χ1v) is 6.26. The molecule has 0 aromatic heterocycles. The van der Waals surface area contributed by atoms with Gasteiger partial charge in [0.15, 0.2) is 0 Å². The van der Waals surface area contributed by atoms with Gasteiger partial charge in [0.1, 0.15) is 0 Å². The van der Waals surface area contributed by atoms with E-state index in [0.29, 0.717) is 6.54 Å². The van der Waals surface area contributed by atoms with E-state index in [1.165, 1.54) is 22.3 Å². The van der Waals surface area contributed by atoms with E-state index in [0.717, 1.165) is 6.54 Å². The van der Waals surface area contributed by atoms with Gasteiger partial charge in [-0.1, -0.05) is 12.1 Å². The number of rotatable bonds is 4. The number of nitrogens with zero attached hydrogens (tertiary/aromatic N) is 1. The molecule has 0 amide bonds. The van der Waals surface area contributed by atoms with Gasteiger partial charge >= 0.3 is 0 Å². The van der Waals surface area contributed by atoms with Crippen molar-refractivity contribution < 1.29 is 0 Å². The largest absolute Gasteiger partial charge is 0.329 e. The maximum atomic E-state index is 5.81. The lowest BCUT2D eigenvalue weighted by atomic mass is 9.98. The van der Waals surface area contributed by atoms with Crippen LogP contribution < -0.4 is 5.73 Å². The zero-order chi connectivity index (χ0) is 13.2. The van der Waals surface area contributed by atoms with Gasteiger partial charge < -0.3 is 5.73 Å². The fourth-order valence-corrected chi connectivity index (χ4v) is 1.82. The minimum atomic E-state index is 0.0469. The molecule has 0 unspecified atom stereocenters. The van der Waals surface area contributed by atoms with Crippen molar-refractivity contribution in [3.8, 4) is 0 Å². The van der Waals surface area contributed by atoms with Crippen LogP contribution in [-0.4, -0.2) is 24.0 Å². The quantitative estimate of drug-likeness (QED) is 0.868. The third-order valence-corrected chi connectivity index (χ3v) is 3.89. The highest BCUT2D eigenvalue weighted by Crippen LogP contribution is 2.20. The number of hydrogen-bond donors (Lipinski definition) is 1. The summed E-state index contributed by atoms with van der Waals surface area (Å²) in [7, 11) is 2.14. The van der Waals surface area contributed by atoms with Crippen molar-refractivity contribution in [2.75, 3.05) is 13.6 Å². The van der Waals surface area contributed by atoms with Crippen LogP contribution in [0.5, 0.6) is 0 Å². The molecule has 2 nitrogen and oxygen atoms in total. The fraction of sp³-hybridized carbons (Fsp3) is 0.600. The Morgan fingerprint density at radius 2 is 1.59 bits per heavy atom. The molecule has 0 aliphatic carbocycles. The molecule has 1 aromatic rings. The van der Waals surface area contributed by atoms with E-state index in [4.69, 9.17) is 5.73 Å². The SMILES string of the molecule is Cc1cc(C)c(CN(C)C(C)(C)CN)cc1C. The predicted molar refractivity (Wildman–Crippen MR) is 75.3 cm³/mol. The Hall–Kier alpha value is -0.860. The summed E-state index contributed by atoms with van der Waals surface area (Å²) in [6, 6.07) is 4.57. The minimum Gasteiger partial charge on any atom is -0.329 e. The Labute approximate surface area is 106 Å². The third-order valence-electron chi connectivity index (χ3n) is 3.89. The van der Waals surface area contributed by atoms with E-state index in [9.17, 15) is 0 Å². The van der Waals surface area contributed by atoms with Gasteiger partial charge in [-0.2, -0.15) is 0 Å². The van der Waals surface area contributed by atoms with Crippen molar-refractivity contribution >= 4 is 0 Å². The van der Waals surface area contributed by atoms with E-state index in [2.05, 4.69) is 58.7 Å². The second-order valence-electron chi connectivity index (χ2n) is 5.74. The summed E-state index contributed by atoms with van der Waals surface area (Å²) in [4.78, 5) is 2.32. The Balaban J connectivity index is 2.93. The van der Waals surface area contributed by atoms with E-state index in [-0.39, 0.29) is 5.54 Å². The standard InChI is InChI=1S/C15H26N2/c1-11-7-13(3)14(8-12(11)2)9-17(6)15(4,5)10-16/h7-8H,9-10,16H2,1-6H3. The molecule has 0 aliphatic rings. The molecule has 0 aliphatic heterocycles. The van der Waals surface area contributed by atoms with Crippen LogP contribution in [0.2, 0.25) is 0 Å². The number of benzene rings is 1. The summed E-state index contributed by atoms with van der Waals surface area (Å²) in [5.41, 5.74) is 11.4. The maximum Gasteiger partial charge on any atom is 0.0275 e. The zero-order valence-corrected chi connectivity index (χ0v) is 12.1. The van der Waals surface area contributed by atoms with E-state index in [1.54, 1.807) is 0 Å². The van der Waals surface area contributed by atoms with Crippen LogP contribution in [0.15, 0.2) is 12.1 Å². The van der Waals surface area contributed by atoms with Gasteiger partial charge in [0.05, 0.1) is 0 Å². The van der Waals surface area contributed by atoms with Gasteiger partial charge in [-0.3, -0.25) is 4.90 Å². The lowest BCUT2D eigenvalue weighted by Gasteiger charge is -2.35. The third kappa shape index (κ3) is 3.30. The highest BCUT2D eigenvalue weighted by molar-refractivity contribution is 5.36. The zero-order valence-electron chi connectivity index (χ0n) is 12.1. The van der Waals surface area contributed by atoms with Crippen LogP contribution in [0.3, 0.4) is 0 Å². The minimum absolute atomic E-state index is 0.0469. The molecule has 0 spiro atoms. The van der Waals surface area contributed by atoms with Crippen LogP contribution in [0.25, 0.3) is 0 Å². The lowest BCUT2D eigenvalue weighted by molar-refractivity contribution is 0.155. The van der Waals surface area contributed by atoms with E-state index < -0.39 is 0 Å². The van der Waals surface area contributed by atoms with Crippen molar-refractivity contribution in [3.63, 3.8) is 0 Å². The van der Waals surface area contributed by atoms with Gasteiger partial charge in [0.2, 0.25) is 0 Å². The molecule has 0 saturated carbocycles. The lowest BCUT2D eigenvalue weighted by Crippen LogP contribution is -2.46. The summed E-state index contributed by atoms with van der Waals surface area (Å²) < 4.78 is 0. The van der Waals surface area contributed by atoms with Crippen molar-refractivity contribution in [1.82, 2.24) is 4.90 Å². The first kappa shape index (κ1) is 14.2. The molecule has 0 saturated heterocycles. The topological polar surface area (TPSA) is 29.3 Å². The second kappa shape index (κ2) is 5.19. The van der Waals surface area contributed by atoms with Crippen LogP contribution in [-0.2, 0) is 6.54 Å². The fourth-order valence-electron chi connectivity index (χ4n) is 1.82. The molecule has 0 heterocycles. The summed E-state index contributed by atoms with van der Waals surface area (Å²) in [6.45, 7) is 12.5. The Bertz CT molecular complexity index is 394. The van der Waals surface area contributed by atoms with Gasteiger partial charge in [-0.05, 0) is 63.9 Å². The molecule has 0 bridgehead atoms. The van der Waals surface area contributed by atoms with Crippen molar-refractivity contribution in [2.24, 2.45) is 5.73 Å². The number of nitrogens with two attached hydrogens (primary N) is 1. The number of hydrogen-bond acceptors (Lipinski definition) is 2. The maximum absolute atomic E-state index is 5.81. The van der Waals surface area contributed by atoms with Gasteiger partial charge in [0, 0.05) is 18.6 Å². The molecule has 1 rings (SSSR count). The van der Waals surface area contributed by atoms with Crippen LogP contribution in [0, 0.1) is 20.8 Å². The van der Waals surface area contributed by atoms with E-state index >= 15 is 0 Å². The molecular weight excluding hydrogens is 208 g/mol. The second-order valence-corrected chi connectivity index (χ2v) is 5.74. The average Bonchev–Trinajstić information content (AvgIpc) is 2.25. The van der Waals surface area contributed by atoms with Gasteiger partial charge in [-0.25, -0.2) is 0 Å². The summed E-state index contributed by atoms with van der Waals surface area (Å²) in [5.74, 6) is 0. The van der Waals surface area contributed by atoms with Gasteiger partial charge in [-0.15, -0.1) is 0 Å². The summed E-state index contributed by atoms with van der Waals surface area (Å²) in [5, 5.41) is 0. The van der Waals surface area contributed by atoms with Gasteiger partial charge in [0.25, 0.3) is 0 Å². The Kier molecular flexibility index (Phi) is 4.34. The molecule has 2 heteroatoms. The molecule has 2 N–H and O–H groups in total. The van der Waals surface area contributed by atoms with Crippen LogP contribution in [0.4, 0.5) is 0 Å². The molecule has 1 aromatic carbocycles. The molecule has 0 radical (unpaired) electrons. The average molecular weight is 234 g/mol. The predicted octanol–water partition coefficient (Wildman–Crippen LogP) is 2.78. The Morgan fingerprint density at radius 3 is 2.12 bits per heavy atom. The van der Waals surface area contributed by atoms with Crippen molar-refractivity contribution in [1.29, 1.82) is 0 Å². The number of likely N-dealkylation sites (N-methyl/N-ethyl adjacent to an activating group) is 1. The smallest absolute Gasteiger partial charge is 0.0275 e. The van der Waals surface area contributed by atoms with Crippen LogP contribution >= 0.6 is 0 Å². The first-order chi connectivity index (χ1) is 7.77. The summed E-state index contributed by atoms with van der Waals surface area (Å²) in [6.07, 6.45) is 0. The summed E-state index contributed by atoms with van der Waals surface area (Å²) >= 11 is 0. The molecule has 0 fully saturated rings. The Morgan fingerprint density at radius 1 is 1.06 bits per heavy atom. The van der Waals surface area contributed by atoms with Crippen molar-refractivity contribution in [3.05, 3.63) is 34.4 Å². The number of aryl methyl sites for hydroxylation is 3. The highest BCUT2D eigenvalue weighted by Gasteiger charge is 2.21. The molecule has 96 valence electrons. The first-order valence-electron chi connectivity index (χ1n) is 6.26. The monoisotopic (exact) mass is 234 g/mol. The van der Waals surface area contributed by atoms with Crippen LogP contribution in [0.1, 0.15) is 36.1 Å². The molecule has 0 atom stereocenters.